The highest BCUT2D eigenvalue weighted by Gasteiger charge is 2.16. The molecule has 2 heterocycles. The zero-order chi connectivity index (χ0) is 20.4. The Balaban J connectivity index is 1.69. The van der Waals surface area contributed by atoms with Gasteiger partial charge in [-0.15, -0.1) is 10.2 Å². The highest BCUT2D eigenvalue weighted by atomic mass is 16.4. The number of benzene rings is 2. The first-order valence-corrected chi connectivity index (χ1v) is 9.69. The van der Waals surface area contributed by atoms with Gasteiger partial charge in [0.1, 0.15) is 0 Å². The summed E-state index contributed by atoms with van der Waals surface area (Å²) < 4.78 is 7.52. The number of nitrogens with zero attached hydrogens (tertiary/aromatic N) is 5. The van der Waals surface area contributed by atoms with Crippen molar-refractivity contribution < 1.29 is 4.42 Å². The molecule has 2 aromatic carbocycles. The van der Waals surface area contributed by atoms with Crippen molar-refractivity contribution >= 4 is 0 Å². The maximum atomic E-state index is 5.53. The van der Waals surface area contributed by atoms with Gasteiger partial charge in [0.2, 0.25) is 11.8 Å². The summed E-state index contributed by atoms with van der Waals surface area (Å²) in [6, 6.07) is 16.7. The van der Waals surface area contributed by atoms with E-state index in [0.717, 1.165) is 29.1 Å². The third-order valence-electron chi connectivity index (χ3n) is 4.86. The van der Waals surface area contributed by atoms with Crippen LogP contribution in [0.5, 0.6) is 0 Å². The van der Waals surface area contributed by atoms with Crippen molar-refractivity contribution in [2.24, 2.45) is 0 Å². The molecule has 4 aromatic rings. The van der Waals surface area contributed by atoms with E-state index in [1.54, 1.807) is 6.92 Å². The van der Waals surface area contributed by atoms with Gasteiger partial charge in [0.05, 0.1) is 17.9 Å². The highest BCUT2D eigenvalue weighted by Crippen LogP contribution is 2.26. The summed E-state index contributed by atoms with van der Waals surface area (Å²) in [5.74, 6) is 1.20. The molecule has 6 heteroatoms. The summed E-state index contributed by atoms with van der Waals surface area (Å²) in [5, 5.41) is 13.0. The minimum absolute atomic E-state index is 0.584. The maximum absolute atomic E-state index is 5.53. The van der Waals surface area contributed by atoms with Crippen LogP contribution in [0.25, 0.3) is 16.9 Å². The molecule has 4 rings (SSSR count). The molecule has 0 N–H and O–H groups in total. The zero-order valence-electron chi connectivity index (χ0n) is 17.3. The van der Waals surface area contributed by atoms with Crippen molar-refractivity contribution in [3.8, 4) is 16.9 Å². The number of aromatic nitrogens is 4. The lowest BCUT2D eigenvalue weighted by molar-refractivity contribution is 0.279. The molecule has 0 fully saturated rings. The molecule has 29 heavy (non-hydrogen) atoms. The average Bonchev–Trinajstić information content (AvgIpc) is 3.30. The Morgan fingerprint density at radius 1 is 0.966 bits per heavy atom. The average molecular weight is 387 g/mol. The Hall–Kier alpha value is -3.25. The van der Waals surface area contributed by atoms with Gasteiger partial charge in [0, 0.05) is 30.8 Å². The fraction of sp³-hybridized carbons (Fsp3) is 0.261. The third kappa shape index (κ3) is 4.27. The van der Waals surface area contributed by atoms with Crippen LogP contribution in [0.1, 0.15) is 28.5 Å². The second-order valence-corrected chi connectivity index (χ2v) is 7.49. The second kappa shape index (κ2) is 8.01. The molecule has 0 unspecified atom stereocenters. The van der Waals surface area contributed by atoms with E-state index in [0.29, 0.717) is 18.3 Å². The summed E-state index contributed by atoms with van der Waals surface area (Å²) in [5.41, 5.74) is 6.75. The van der Waals surface area contributed by atoms with Crippen LogP contribution in [-0.4, -0.2) is 31.9 Å². The lowest BCUT2D eigenvalue weighted by Gasteiger charge is -2.14. The van der Waals surface area contributed by atoms with Gasteiger partial charge in [-0.25, -0.2) is 4.68 Å². The van der Waals surface area contributed by atoms with Crippen molar-refractivity contribution in [2.75, 3.05) is 7.05 Å². The lowest BCUT2D eigenvalue weighted by atomic mass is 10.1. The quantitative estimate of drug-likeness (QED) is 0.488. The Bertz CT molecular complexity index is 1110. The fourth-order valence-electron chi connectivity index (χ4n) is 3.43. The zero-order valence-corrected chi connectivity index (χ0v) is 17.3. The van der Waals surface area contributed by atoms with Crippen LogP contribution in [0, 0.1) is 20.8 Å². The molecule has 0 aliphatic heterocycles. The first-order valence-electron chi connectivity index (χ1n) is 9.69. The van der Waals surface area contributed by atoms with E-state index in [4.69, 9.17) is 9.52 Å². The van der Waals surface area contributed by atoms with Gasteiger partial charge in [-0.05, 0) is 38.1 Å². The molecule has 0 bridgehead atoms. The standard InChI is InChI=1S/C23H25N5O/c1-16-10-11-17(2)21(12-16)28-14-20(23(26-28)19-8-6-5-7-9-19)13-27(4)15-22-25-24-18(3)29-22/h5-12,14H,13,15H2,1-4H3. The summed E-state index contributed by atoms with van der Waals surface area (Å²) >= 11 is 0. The number of aryl methyl sites for hydroxylation is 3. The van der Waals surface area contributed by atoms with E-state index >= 15 is 0 Å². The summed E-state index contributed by atoms with van der Waals surface area (Å²) in [6.07, 6.45) is 2.12. The Morgan fingerprint density at radius 2 is 1.76 bits per heavy atom. The van der Waals surface area contributed by atoms with E-state index in [9.17, 15) is 0 Å². The van der Waals surface area contributed by atoms with Crippen LogP contribution in [0.15, 0.2) is 59.1 Å². The van der Waals surface area contributed by atoms with Gasteiger partial charge < -0.3 is 4.42 Å². The van der Waals surface area contributed by atoms with Gasteiger partial charge in [-0.3, -0.25) is 4.90 Å². The Labute approximate surface area is 170 Å². The minimum atomic E-state index is 0.584. The Morgan fingerprint density at radius 3 is 2.48 bits per heavy atom. The van der Waals surface area contributed by atoms with Gasteiger partial charge in [0.15, 0.2) is 0 Å². The summed E-state index contributed by atoms with van der Waals surface area (Å²) in [6.45, 7) is 7.33. The largest absolute Gasteiger partial charge is 0.424 e. The van der Waals surface area contributed by atoms with Crippen molar-refractivity contribution in [1.29, 1.82) is 0 Å². The van der Waals surface area contributed by atoms with Gasteiger partial charge >= 0.3 is 0 Å². The smallest absolute Gasteiger partial charge is 0.230 e. The summed E-state index contributed by atoms with van der Waals surface area (Å²) in [4.78, 5) is 2.16. The van der Waals surface area contributed by atoms with Crippen LogP contribution in [0.4, 0.5) is 0 Å². The van der Waals surface area contributed by atoms with E-state index in [1.807, 2.05) is 29.9 Å². The van der Waals surface area contributed by atoms with Crippen molar-refractivity contribution in [1.82, 2.24) is 24.9 Å². The first-order chi connectivity index (χ1) is 14.0. The molecular formula is C23H25N5O. The number of hydrogen-bond donors (Lipinski definition) is 0. The molecule has 2 aromatic heterocycles. The molecule has 0 saturated carbocycles. The predicted octanol–water partition coefficient (Wildman–Crippen LogP) is 4.48. The van der Waals surface area contributed by atoms with E-state index in [1.165, 1.54) is 11.1 Å². The van der Waals surface area contributed by atoms with Crippen LogP contribution in [0.3, 0.4) is 0 Å². The minimum Gasteiger partial charge on any atom is -0.424 e. The van der Waals surface area contributed by atoms with Crippen LogP contribution >= 0.6 is 0 Å². The van der Waals surface area contributed by atoms with Crippen molar-refractivity contribution in [2.45, 2.75) is 33.9 Å². The first kappa shape index (κ1) is 19.1. The van der Waals surface area contributed by atoms with E-state index in [2.05, 4.69) is 65.5 Å². The monoisotopic (exact) mass is 387 g/mol. The van der Waals surface area contributed by atoms with Crippen molar-refractivity contribution in [3.05, 3.63) is 83.2 Å². The second-order valence-electron chi connectivity index (χ2n) is 7.49. The molecular weight excluding hydrogens is 362 g/mol. The van der Waals surface area contributed by atoms with Crippen molar-refractivity contribution in [3.63, 3.8) is 0 Å². The SMILES string of the molecule is Cc1ccc(C)c(-n2cc(CN(C)Cc3nnc(C)o3)c(-c3ccccc3)n2)c1. The molecule has 6 nitrogen and oxygen atoms in total. The van der Waals surface area contributed by atoms with Gasteiger partial charge in [-0.1, -0.05) is 42.5 Å². The molecule has 0 aliphatic carbocycles. The molecule has 0 spiro atoms. The Kier molecular flexibility index (Phi) is 5.27. The van der Waals surface area contributed by atoms with Gasteiger partial charge in [0.25, 0.3) is 0 Å². The normalized spacial score (nSPS) is 11.3. The van der Waals surface area contributed by atoms with Crippen LogP contribution in [-0.2, 0) is 13.1 Å². The predicted molar refractivity (Wildman–Crippen MR) is 113 cm³/mol. The molecule has 0 amide bonds. The van der Waals surface area contributed by atoms with E-state index < -0.39 is 0 Å². The molecule has 0 radical (unpaired) electrons. The lowest BCUT2D eigenvalue weighted by Crippen LogP contribution is -2.17. The highest BCUT2D eigenvalue weighted by molar-refractivity contribution is 5.63. The molecule has 0 saturated heterocycles. The van der Waals surface area contributed by atoms with Crippen LogP contribution in [0.2, 0.25) is 0 Å². The molecule has 0 aliphatic rings. The van der Waals surface area contributed by atoms with E-state index in [-0.39, 0.29) is 0 Å². The fourth-order valence-corrected chi connectivity index (χ4v) is 3.43. The molecule has 0 atom stereocenters. The summed E-state index contributed by atoms with van der Waals surface area (Å²) in [7, 11) is 2.05. The number of rotatable bonds is 6. The molecule has 148 valence electrons. The van der Waals surface area contributed by atoms with Crippen LogP contribution < -0.4 is 0 Å². The third-order valence-corrected chi connectivity index (χ3v) is 4.86. The maximum Gasteiger partial charge on any atom is 0.230 e. The number of hydrogen-bond acceptors (Lipinski definition) is 5. The topological polar surface area (TPSA) is 60.0 Å². The van der Waals surface area contributed by atoms with Gasteiger partial charge in [-0.2, -0.15) is 5.10 Å².